The van der Waals surface area contributed by atoms with Crippen molar-refractivity contribution in [2.24, 2.45) is 0 Å². The highest BCUT2D eigenvalue weighted by Gasteiger charge is 2.62. The molecule has 4 spiro atoms. The number of piperidine rings is 4. The zero-order valence-corrected chi connectivity index (χ0v) is 54.3. The molecule has 8 fully saturated rings. The van der Waals surface area contributed by atoms with E-state index in [2.05, 4.69) is 75.0 Å². The molecule has 8 aliphatic rings. The molecule has 0 saturated carbocycles. The highest BCUT2D eigenvalue weighted by atomic mass is 32.2. The van der Waals surface area contributed by atoms with Crippen molar-refractivity contribution in [3.05, 3.63) is 115 Å². The summed E-state index contributed by atoms with van der Waals surface area (Å²) in [5.74, 6) is 0.254. The third-order valence-electron chi connectivity index (χ3n) is 19.3. The van der Waals surface area contributed by atoms with Crippen LogP contribution in [0.15, 0.2) is 123 Å². The van der Waals surface area contributed by atoms with Gasteiger partial charge < -0.3 is 24.3 Å². The van der Waals surface area contributed by atoms with Crippen LogP contribution in [0.25, 0.3) is 0 Å². The highest BCUT2D eigenvalue weighted by Crippen LogP contribution is 2.50. The van der Waals surface area contributed by atoms with Crippen molar-refractivity contribution in [1.82, 2.24) is 36.8 Å². The van der Waals surface area contributed by atoms with E-state index < -0.39 is 45.9 Å². The molecule has 0 aromatic heterocycles. The Morgan fingerprint density at radius 3 is 0.857 bits per heavy atom. The second-order valence-electron chi connectivity index (χ2n) is 25.7. The zero-order valence-electron chi connectivity index (χ0n) is 51.0. The maximum Gasteiger partial charge on any atom is 0.243 e. The Morgan fingerprint density at radius 2 is 0.607 bits per heavy atom. The third kappa shape index (κ3) is 13.7. The Morgan fingerprint density at radius 1 is 0.369 bits per heavy atom. The average Bonchev–Trinajstić information content (AvgIpc) is 3.17. The van der Waals surface area contributed by atoms with Crippen LogP contribution in [-0.2, 0) is 40.1 Å². The fraction of sp³-hybridized carbons (Fsp3) is 0.613. The summed E-state index contributed by atoms with van der Waals surface area (Å²) in [6.45, 7) is 29.9. The standard InChI is InChI=1S/C16H24N2O3S.C16H24N2O2S.C15H21FN2O2S.C15H22N2O2S/c1-13(2)17-10-8-16(9-11-17)12-18(16)22(19,20)15-6-4-14(21-3)5-7-15;1-13(2)17-10-8-16(9-11-17)12-18(16)21(19,20)15-6-4-14(3)5-7-15;1-12(2)17-9-7-15(8-10-17)11-18(15)21(19,20)14-5-3-13(16)4-6-14;1-13(2)16-10-8-15(9-11-16)12-17(15)20(18,19)14-6-4-3-5-7-14/h4-7,13H,8-12H2,1-3H3;4-7,13H,8-12H2,1-3H3;3-6,12H,7-11H2,1-2H3;3-7,13H,8-12H2,1-2H3. The predicted octanol–water partition coefficient (Wildman–Crippen LogP) is 8.19. The number of hydrogen-bond donors (Lipinski definition) is 0. The van der Waals surface area contributed by atoms with Gasteiger partial charge in [-0.3, -0.25) is 0 Å². The van der Waals surface area contributed by atoms with Crippen LogP contribution in [0, 0.1) is 12.7 Å². The second-order valence-corrected chi connectivity index (χ2v) is 33.2. The molecule has 4 aromatic carbocycles. The molecule has 464 valence electrons. The number of ether oxygens (including phenoxy) is 1. The van der Waals surface area contributed by atoms with Crippen molar-refractivity contribution < 1.29 is 42.8 Å². The topological polar surface area (TPSA) is 171 Å². The number of hydrogen-bond acceptors (Lipinski definition) is 13. The largest absolute Gasteiger partial charge is 0.497 e. The maximum absolute atomic E-state index is 12.9. The Bertz CT molecular complexity index is 3230. The van der Waals surface area contributed by atoms with Gasteiger partial charge in [-0.2, -0.15) is 17.2 Å². The maximum atomic E-state index is 12.9. The minimum Gasteiger partial charge on any atom is -0.497 e. The van der Waals surface area contributed by atoms with Gasteiger partial charge in [0.25, 0.3) is 0 Å². The summed E-state index contributed by atoms with van der Waals surface area (Å²) < 4.78 is 126. The SMILES string of the molecule is CC(C)N1CCC2(CC1)CN2S(=O)(=O)c1ccc(F)cc1.CC(C)N1CCC2(CC1)CN2S(=O)(=O)c1ccccc1.COc1ccc(S(=O)(=O)N2CC23CCN(C(C)C)CC3)cc1.Cc1ccc(S(=O)(=O)N2CC23CCN(C(C)C)CC3)cc1. The van der Waals surface area contributed by atoms with Crippen molar-refractivity contribution in [2.45, 2.75) is 180 Å². The van der Waals surface area contributed by atoms with Crippen molar-refractivity contribution in [1.29, 1.82) is 0 Å². The normalized spacial score (nSPS) is 25.4. The van der Waals surface area contributed by atoms with E-state index in [1.165, 1.54) is 24.3 Å². The summed E-state index contributed by atoms with van der Waals surface area (Å²) >= 11 is 0. The van der Waals surface area contributed by atoms with E-state index in [9.17, 15) is 38.1 Å². The summed E-state index contributed by atoms with van der Waals surface area (Å²) in [6, 6.07) is 29.8. The smallest absolute Gasteiger partial charge is 0.243 e. The van der Waals surface area contributed by atoms with Crippen LogP contribution in [0.2, 0.25) is 0 Å². The number of sulfonamides is 4. The van der Waals surface area contributed by atoms with Gasteiger partial charge in [0, 0.05) is 103 Å². The minimum atomic E-state index is -3.48. The van der Waals surface area contributed by atoms with Gasteiger partial charge >= 0.3 is 0 Å². The lowest BCUT2D eigenvalue weighted by molar-refractivity contribution is 0.155. The first-order valence-electron chi connectivity index (χ1n) is 30.1. The summed E-state index contributed by atoms with van der Waals surface area (Å²) in [7, 11) is -11.9. The number of aryl methyl sites for hydroxylation is 1. The van der Waals surface area contributed by atoms with Gasteiger partial charge in [0.1, 0.15) is 11.6 Å². The third-order valence-corrected chi connectivity index (χ3v) is 27.1. The van der Waals surface area contributed by atoms with Gasteiger partial charge in [-0.25, -0.2) is 38.1 Å². The molecule has 0 amide bonds. The van der Waals surface area contributed by atoms with Gasteiger partial charge in [-0.05, 0) is 186 Å². The van der Waals surface area contributed by atoms with Crippen molar-refractivity contribution in [3.63, 3.8) is 0 Å². The van der Waals surface area contributed by atoms with Gasteiger partial charge in [0.05, 0.1) is 48.8 Å². The number of benzene rings is 4. The number of likely N-dealkylation sites (tertiary alicyclic amines) is 4. The quantitative estimate of drug-likeness (QED) is 0.118. The van der Waals surface area contributed by atoms with E-state index in [0.717, 1.165) is 109 Å². The predicted molar refractivity (Wildman–Crippen MR) is 327 cm³/mol. The van der Waals surface area contributed by atoms with E-state index >= 15 is 0 Å². The molecule has 4 aromatic rings. The highest BCUT2D eigenvalue weighted by molar-refractivity contribution is 7.90. The molecular weight excluding hydrogens is 1150 g/mol. The molecular formula is C62H91FN8O9S4. The molecule has 17 nitrogen and oxygen atoms in total. The van der Waals surface area contributed by atoms with Crippen LogP contribution in [0.1, 0.15) is 112 Å². The zero-order chi connectivity index (χ0) is 60.8. The lowest BCUT2D eigenvalue weighted by atomic mass is 9.96. The Balaban J connectivity index is 0.000000134. The molecule has 8 aliphatic heterocycles. The number of rotatable bonds is 13. The van der Waals surface area contributed by atoms with Crippen LogP contribution in [-0.4, -0.2) is 202 Å². The molecule has 8 heterocycles. The summed E-state index contributed by atoms with van der Waals surface area (Å²) in [4.78, 5) is 11.0. The summed E-state index contributed by atoms with van der Waals surface area (Å²) in [5, 5.41) is 0. The number of nitrogens with zero attached hydrogens (tertiary/aromatic N) is 8. The molecule has 4 atom stereocenters. The van der Waals surface area contributed by atoms with E-state index in [-0.39, 0.29) is 27.1 Å². The van der Waals surface area contributed by atoms with Crippen molar-refractivity contribution in [3.8, 4) is 5.75 Å². The fourth-order valence-corrected chi connectivity index (χ4v) is 20.3. The van der Waals surface area contributed by atoms with Gasteiger partial charge in [-0.15, -0.1) is 0 Å². The van der Waals surface area contributed by atoms with E-state index in [1.807, 2.05) is 25.1 Å². The van der Waals surface area contributed by atoms with Crippen LogP contribution in [0.5, 0.6) is 5.75 Å². The Labute approximate surface area is 502 Å². The lowest BCUT2D eigenvalue weighted by Gasteiger charge is -2.34. The Hall–Kier alpha value is -3.91. The van der Waals surface area contributed by atoms with Crippen LogP contribution >= 0.6 is 0 Å². The second kappa shape index (κ2) is 24.9. The summed E-state index contributed by atoms with van der Waals surface area (Å²) in [5.41, 5.74) is 0.553. The monoisotopic (exact) mass is 1240 g/mol. The Kier molecular flexibility index (Phi) is 19.2. The lowest BCUT2D eigenvalue weighted by Crippen LogP contribution is -2.43. The molecule has 0 aliphatic carbocycles. The number of methoxy groups -OCH3 is 1. The average molecular weight is 1240 g/mol. The molecule has 12 rings (SSSR count). The van der Waals surface area contributed by atoms with E-state index in [4.69, 9.17) is 4.74 Å². The molecule has 0 bridgehead atoms. The van der Waals surface area contributed by atoms with E-state index in [1.54, 1.807) is 85.0 Å². The molecule has 0 N–H and O–H groups in total. The van der Waals surface area contributed by atoms with Crippen LogP contribution in [0.4, 0.5) is 4.39 Å². The van der Waals surface area contributed by atoms with Crippen LogP contribution in [0.3, 0.4) is 0 Å². The van der Waals surface area contributed by atoms with Crippen LogP contribution < -0.4 is 4.74 Å². The van der Waals surface area contributed by atoms with Crippen molar-refractivity contribution in [2.75, 3.05) is 85.6 Å². The molecule has 0 radical (unpaired) electrons. The molecule has 84 heavy (non-hydrogen) atoms. The fourth-order valence-electron chi connectivity index (χ4n) is 12.9. The molecule has 8 saturated heterocycles. The first kappa shape index (κ1) is 64.6. The van der Waals surface area contributed by atoms with Crippen molar-refractivity contribution >= 4 is 40.1 Å². The number of halogens is 1. The first-order valence-corrected chi connectivity index (χ1v) is 35.9. The minimum absolute atomic E-state index is 0.0972. The summed E-state index contributed by atoms with van der Waals surface area (Å²) in [6.07, 6.45) is 7.44. The van der Waals surface area contributed by atoms with Gasteiger partial charge in [0.15, 0.2) is 0 Å². The van der Waals surface area contributed by atoms with E-state index in [0.29, 0.717) is 70.8 Å². The first-order chi connectivity index (χ1) is 39.5. The van der Waals surface area contributed by atoms with Gasteiger partial charge in [0.2, 0.25) is 40.1 Å². The van der Waals surface area contributed by atoms with Gasteiger partial charge in [-0.1, -0.05) is 35.9 Å². The molecule has 4 unspecified atom stereocenters. The molecule has 22 heteroatoms.